The van der Waals surface area contributed by atoms with Gasteiger partial charge < -0.3 is 10.2 Å². The average molecular weight is 371 g/mol. The molecule has 0 saturated heterocycles. The second-order valence-corrected chi connectivity index (χ2v) is 6.94. The second kappa shape index (κ2) is 7.64. The van der Waals surface area contributed by atoms with Gasteiger partial charge >= 0.3 is 0 Å². The Balaban J connectivity index is 1.46. The fraction of sp³-hybridized carbons (Fsp3) is 0.174. The van der Waals surface area contributed by atoms with Crippen molar-refractivity contribution in [3.8, 4) is 0 Å². The van der Waals surface area contributed by atoms with Crippen LogP contribution in [0.3, 0.4) is 0 Å². The van der Waals surface area contributed by atoms with Gasteiger partial charge in [-0.05, 0) is 54.8 Å². The molecule has 3 aromatic rings. The van der Waals surface area contributed by atoms with Crippen LogP contribution in [0.2, 0.25) is 0 Å². The smallest absolute Gasteiger partial charge is 0.270 e. The van der Waals surface area contributed by atoms with Crippen LogP contribution in [-0.2, 0) is 13.0 Å². The molecule has 28 heavy (non-hydrogen) atoms. The Kier molecular flexibility index (Phi) is 4.89. The minimum atomic E-state index is -0.197. The molecule has 5 nitrogen and oxygen atoms in total. The SMILES string of the molecule is Cc1cccc(C(=O)N2CCc3cc(CNC(=O)c4ccccn4)ccc32)c1. The van der Waals surface area contributed by atoms with Gasteiger partial charge in [-0.3, -0.25) is 14.6 Å². The van der Waals surface area contributed by atoms with Crippen molar-refractivity contribution in [3.63, 3.8) is 0 Å². The summed E-state index contributed by atoms with van der Waals surface area (Å²) in [5.41, 5.74) is 5.27. The summed E-state index contributed by atoms with van der Waals surface area (Å²) < 4.78 is 0. The predicted octanol–water partition coefficient (Wildman–Crippen LogP) is 3.52. The van der Waals surface area contributed by atoms with Crippen molar-refractivity contribution in [2.24, 2.45) is 0 Å². The Morgan fingerprint density at radius 2 is 1.96 bits per heavy atom. The number of carbonyl (C=O) groups excluding carboxylic acids is 2. The van der Waals surface area contributed by atoms with Crippen LogP contribution in [0.4, 0.5) is 5.69 Å². The topological polar surface area (TPSA) is 62.3 Å². The molecule has 0 saturated carbocycles. The normalized spacial score (nSPS) is 12.5. The van der Waals surface area contributed by atoms with Crippen LogP contribution in [0.25, 0.3) is 0 Å². The lowest BCUT2D eigenvalue weighted by Gasteiger charge is -2.18. The molecule has 4 rings (SSSR count). The van der Waals surface area contributed by atoms with E-state index in [9.17, 15) is 9.59 Å². The molecular formula is C23H21N3O2. The van der Waals surface area contributed by atoms with Gasteiger partial charge in [0.05, 0.1) is 0 Å². The highest BCUT2D eigenvalue weighted by Gasteiger charge is 2.25. The van der Waals surface area contributed by atoms with Gasteiger partial charge in [-0.1, -0.05) is 35.9 Å². The van der Waals surface area contributed by atoms with E-state index in [1.807, 2.05) is 48.2 Å². The Morgan fingerprint density at radius 1 is 1.07 bits per heavy atom. The summed E-state index contributed by atoms with van der Waals surface area (Å²) in [6.07, 6.45) is 2.42. The van der Waals surface area contributed by atoms with Gasteiger partial charge in [0.25, 0.3) is 11.8 Å². The molecule has 140 valence electrons. The maximum atomic E-state index is 12.9. The van der Waals surface area contributed by atoms with E-state index < -0.39 is 0 Å². The van der Waals surface area contributed by atoms with Gasteiger partial charge in [-0.15, -0.1) is 0 Å². The lowest BCUT2D eigenvalue weighted by Crippen LogP contribution is -2.28. The molecule has 0 fully saturated rings. The number of nitrogens with zero attached hydrogens (tertiary/aromatic N) is 2. The van der Waals surface area contributed by atoms with E-state index in [-0.39, 0.29) is 11.8 Å². The van der Waals surface area contributed by atoms with E-state index in [0.29, 0.717) is 24.3 Å². The third-order valence-electron chi connectivity index (χ3n) is 4.90. The molecule has 2 heterocycles. The van der Waals surface area contributed by atoms with E-state index in [1.54, 1.807) is 24.4 Å². The summed E-state index contributed by atoms with van der Waals surface area (Å²) in [5, 5.41) is 2.89. The molecule has 0 bridgehead atoms. The van der Waals surface area contributed by atoms with Crippen LogP contribution < -0.4 is 10.2 Å². The molecule has 0 unspecified atom stereocenters. The first-order valence-electron chi connectivity index (χ1n) is 9.31. The minimum Gasteiger partial charge on any atom is -0.347 e. The molecule has 5 heteroatoms. The highest BCUT2D eigenvalue weighted by atomic mass is 16.2. The van der Waals surface area contributed by atoms with Crippen LogP contribution in [-0.4, -0.2) is 23.3 Å². The van der Waals surface area contributed by atoms with Crippen LogP contribution >= 0.6 is 0 Å². The van der Waals surface area contributed by atoms with E-state index in [0.717, 1.165) is 28.8 Å². The molecule has 0 radical (unpaired) electrons. The van der Waals surface area contributed by atoms with E-state index in [2.05, 4.69) is 16.4 Å². The van der Waals surface area contributed by atoms with E-state index >= 15 is 0 Å². The Morgan fingerprint density at radius 3 is 2.75 bits per heavy atom. The third kappa shape index (κ3) is 3.64. The zero-order valence-corrected chi connectivity index (χ0v) is 15.7. The molecule has 2 amide bonds. The van der Waals surface area contributed by atoms with Gasteiger partial charge in [0.2, 0.25) is 0 Å². The summed E-state index contributed by atoms with van der Waals surface area (Å²) in [6, 6.07) is 18.9. The zero-order chi connectivity index (χ0) is 19.5. The van der Waals surface area contributed by atoms with Gasteiger partial charge in [0.15, 0.2) is 0 Å². The molecule has 2 aromatic carbocycles. The second-order valence-electron chi connectivity index (χ2n) is 6.94. The fourth-order valence-electron chi connectivity index (χ4n) is 3.48. The van der Waals surface area contributed by atoms with E-state index in [4.69, 9.17) is 0 Å². The summed E-state index contributed by atoms with van der Waals surface area (Å²) in [6.45, 7) is 3.08. The van der Waals surface area contributed by atoms with Crippen molar-refractivity contribution < 1.29 is 9.59 Å². The number of hydrogen-bond acceptors (Lipinski definition) is 3. The molecule has 1 aliphatic heterocycles. The van der Waals surface area contributed by atoms with Gasteiger partial charge in [-0.25, -0.2) is 0 Å². The third-order valence-corrected chi connectivity index (χ3v) is 4.90. The van der Waals surface area contributed by atoms with Crippen LogP contribution in [0.5, 0.6) is 0 Å². The number of carbonyl (C=O) groups is 2. The molecule has 1 N–H and O–H groups in total. The number of aromatic nitrogens is 1. The van der Waals surface area contributed by atoms with Crippen LogP contribution in [0, 0.1) is 6.92 Å². The summed E-state index contributed by atoms with van der Waals surface area (Å²) >= 11 is 0. The van der Waals surface area contributed by atoms with Crippen LogP contribution in [0.1, 0.15) is 37.5 Å². The van der Waals surface area contributed by atoms with Crippen molar-refractivity contribution in [2.75, 3.05) is 11.4 Å². The summed E-state index contributed by atoms with van der Waals surface area (Å²) in [7, 11) is 0. The number of amides is 2. The van der Waals surface area contributed by atoms with E-state index in [1.165, 1.54) is 0 Å². The number of aryl methyl sites for hydroxylation is 1. The standard InChI is InChI=1S/C23H21N3O2/c1-16-5-4-6-19(13-16)23(28)26-12-10-18-14-17(8-9-21(18)26)15-25-22(27)20-7-2-3-11-24-20/h2-9,11,13-14H,10,12,15H2,1H3,(H,25,27). The predicted molar refractivity (Wildman–Crippen MR) is 108 cm³/mol. The summed E-state index contributed by atoms with van der Waals surface area (Å²) in [5.74, 6) is -0.170. The monoisotopic (exact) mass is 371 g/mol. The molecule has 1 aromatic heterocycles. The largest absolute Gasteiger partial charge is 0.347 e. The minimum absolute atomic E-state index is 0.0265. The first-order valence-corrected chi connectivity index (χ1v) is 9.31. The maximum Gasteiger partial charge on any atom is 0.270 e. The number of nitrogens with one attached hydrogen (secondary N) is 1. The number of benzene rings is 2. The van der Waals surface area contributed by atoms with Crippen LogP contribution in [0.15, 0.2) is 66.9 Å². The quantitative estimate of drug-likeness (QED) is 0.763. The molecule has 0 atom stereocenters. The Bertz CT molecular complexity index is 1030. The molecule has 1 aliphatic rings. The lowest BCUT2D eigenvalue weighted by atomic mass is 10.1. The van der Waals surface area contributed by atoms with Crippen molar-refractivity contribution in [2.45, 2.75) is 19.9 Å². The number of fused-ring (bicyclic) bond motifs is 1. The van der Waals surface area contributed by atoms with Crippen molar-refractivity contribution in [1.82, 2.24) is 10.3 Å². The number of pyridine rings is 1. The highest BCUT2D eigenvalue weighted by Crippen LogP contribution is 2.30. The van der Waals surface area contributed by atoms with Gasteiger partial charge in [-0.2, -0.15) is 0 Å². The van der Waals surface area contributed by atoms with Gasteiger partial charge in [0.1, 0.15) is 5.69 Å². The zero-order valence-electron chi connectivity index (χ0n) is 15.7. The molecule has 0 aliphatic carbocycles. The highest BCUT2D eigenvalue weighted by molar-refractivity contribution is 6.07. The molecule has 0 spiro atoms. The lowest BCUT2D eigenvalue weighted by molar-refractivity contribution is 0.0944. The fourth-order valence-corrected chi connectivity index (χ4v) is 3.48. The first kappa shape index (κ1) is 17.9. The average Bonchev–Trinajstić information content (AvgIpc) is 3.15. The Hall–Kier alpha value is -3.47. The number of hydrogen-bond donors (Lipinski definition) is 1. The Labute approximate surface area is 164 Å². The van der Waals surface area contributed by atoms with Gasteiger partial charge in [0, 0.05) is 30.5 Å². The molecular weight excluding hydrogens is 350 g/mol. The first-order chi connectivity index (χ1) is 13.6. The van der Waals surface area contributed by atoms with Crippen molar-refractivity contribution >= 4 is 17.5 Å². The number of rotatable bonds is 4. The van der Waals surface area contributed by atoms with Crippen molar-refractivity contribution in [3.05, 3.63) is 94.8 Å². The number of anilines is 1. The summed E-state index contributed by atoms with van der Waals surface area (Å²) in [4.78, 5) is 30.9. The maximum absolute atomic E-state index is 12.9. The van der Waals surface area contributed by atoms with Crippen molar-refractivity contribution in [1.29, 1.82) is 0 Å².